The summed E-state index contributed by atoms with van der Waals surface area (Å²) in [5, 5.41) is 17.7. The second-order valence-electron chi connectivity index (χ2n) is 7.32. The Morgan fingerprint density at radius 2 is 1.75 bits per heavy atom. The van der Waals surface area contributed by atoms with E-state index in [0.29, 0.717) is 13.1 Å². The van der Waals surface area contributed by atoms with Gasteiger partial charge in [0.1, 0.15) is 0 Å². The second kappa shape index (κ2) is 9.50. The lowest BCUT2D eigenvalue weighted by molar-refractivity contribution is -0.127. The van der Waals surface area contributed by atoms with Crippen molar-refractivity contribution in [3.8, 4) is 10.7 Å². The lowest BCUT2D eigenvalue weighted by Gasteiger charge is -2.12. The number of hydrogen-bond donors (Lipinski definition) is 0. The molecule has 8 heteroatoms. The SMILES string of the molecule is O=C(CSc1nnc(-c2cccs2)n1Cc1ccccc1)N1CCC(c2ccccc2)=N1. The number of rotatable bonds is 7. The number of amides is 1. The summed E-state index contributed by atoms with van der Waals surface area (Å²) in [6.07, 6.45) is 0.771. The first-order chi connectivity index (χ1) is 15.8. The van der Waals surface area contributed by atoms with Gasteiger partial charge < -0.3 is 0 Å². The van der Waals surface area contributed by atoms with Crippen molar-refractivity contribution in [2.24, 2.45) is 5.10 Å². The van der Waals surface area contributed by atoms with Gasteiger partial charge in [-0.1, -0.05) is 78.5 Å². The summed E-state index contributed by atoms with van der Waals surface area (Å²) in [6, 6.07) is 24.3. The van der Waals surface area contributed by atoms with E-state index in [1.54, 1.807) is 16.3 Å². The summed E-state index contributed by atoms with van der Waals surface area (Å²) in [5.74, 6) is 1.07. The van der Waals surface area contributed by atoms with E-state index in [1.165, 1.54) is 11.8 Å². The molecule has 4 aromatic rings. The largest absolute Gasteiger partial charge is 0.297 e. The molecule has 160 valence electrons. The number of carbonyl (C=O) groups excluding carboxylic acids is 1. The average Bonchev–Trinajstić information content (AvgIpc) is 3.60. The van der Waals surface area contributed by atoms with Crippen LogP contribution in [-0.4, -0.2) is 43.7 Å². The Morgan fingerprint density at radius 1 is 0.969 bits per heavy atom. The van der Waals surface area contributed by atoms with E-state index in [4.69, 9.17) is 0 Å². The maximum absolute atomic E-state index is 12.8. The van der Waals surface area contributed by atoms with Crippen LogP contribution in [0.3, 0.4) is 0 Å². The highest BCUT2D eigenvalue weighted by molar-refractivity contribution is 7.99. The number of nitrogens with zero attached hydrogens (tertiary/aromatic N) is 5. The number of thiophene rings is 1. The minimum Gasteiger partial charge on any atom is -0.297 e. The van der Waals surface area contributed by atoms with E-state index >= 15 is 0 Å². The van der Waals surface area contributed by atoms with Crippen molar-refractivity contribution in [3.05, 3.63) is 89.3 Å². The van der Waals surface area contributed by atoms with E-state index < -0.39 is 0 Å². The molecule has 0 N–H and O–H groups in total. The van der Waals surface area contributed by atoms with Gasteiger partial charge in [-0.15, -0.1) is 21.5 Å². The van der Waals surface area contributed by atoms with Gasteiger partial charge >= 0.3 is 0 Å². The Morgan fingerprint density at radius 3 is 2.50 bits per heavy atom. The monoisotopic (exact) mass is 459 g/mol. The number of benzene rings is 2. The van der Waals surface area contributed by atoms with Crippen LogP contribution < -0.4 is 0 Å². The lowest BCUT2D eigenvalue weighted by Crippen LogP contribution is -2.25. The minimum atomic E-state index is -0.0205. The molecule has 0 saturated carbocycles. The maximum Gasteiger partial charge on any atom is 0.253 e. The van der Waals surface area contributed by atoms with Crippen molar-refractivity contribution >= 4 is 34.7 Å². The zero-order valence-corrected chi connectivity index (χ0v) is 18.9. The van der Waals surface area contributed by atoms with Crippen molar-refractivity contribution in [2.45, 2.75) is 18.1 Å². The molecular formula is C24H21N5OS2. The van der Waals surface area contributed by atoms with Crippen molar-refractivity contribution in [3.63, 3.8) is 0 Å². The van der Waals surface area contributed by atoms with E-state index in [9.17, 15) is 4.79 Å². The lowest BCUT2D eigenvalue weighted by atomic mass is 10.1. The number of carbonyl (C=O) groups is 1. The Labute approximate surface area is 194 Å². The second-order valence-corrected chi connectivity index (χ2v) is 9.21. The summed E-state index contributed by atoms with van der Waals surface area (Å²) in [7, 11) is 0. The molecular weight excluding hydrogens is 438 g/mol. The third-order valence-corrected chi connectivity index (χ3v) is 6.98. The summed E-state index contributed by atoms with van der Waals surface area (Å²) in [4.78, 5) is 13.9. The van der Waals surface area contributed by atoms with Gasteiger partial charge in [-0.2, -0.15) is 5.10 Å². The van der Waals surface area contributed by atoms with Crippen molar-refractivity contribution in [1.29, 1.82) is 0 Å². The van der Waals surface area contributed by atoms with Gasteiger partial charge in [-0.05, 0) is 22.6 Å². The smallest absolute Gasteiger partial charge is 0.253 e. The van der Waals surface area contributed by atoms with Crippen LogP contribution in [0.1, 0.15) is 17.5 Å². The molecule has 0 saturated heterocycles. The fraction of sp³-hybridized carbons (Fsp3) is 0.167. The zero-order valence-electron chi connectivity index (χ0n) is 17.3. The highest BCUT2D eigenvalue weighted by atomic mass is 32.2. The molecule has 5 rings (SSSR count). The molecule has 3 heterocycles. The third kappa shape index (κ3) is 4.51. The molecule has 0 fully saturated rings. The Bertz CT molecular complexity index is 1220. The van der Waals surface area contributed by atoms with E-state index in [0.717, 1.165) is 39.1 Å². The van der Waals surface area contributed by atoms with Crippen molar-refractivity contribution in [1.82, 2.24) is 19.8 Å². The Hall–Kier alpha value is -3.23. The topological polar surface area (TPSA) is 63.4 Å². The Balaban J connectivity index is 1.32. The predicted molar refractivity (Wildman–Crippen MR) is 129 cm³/mol. The minimum absolute atomic E-state index is 0.0205. The number of aromatic nitrogens is 3. The fourth-order valence-electron chi connectivity index (χ4n) is 3.56. The van der Waals surface area contributed by atoms with Crippen LogP contribution in [0, 0.1) is 0 Å². The average molecular weight is 460 g/mol. The van der Waals surface area contributed by atoms with E-state index in [2.05, 4.69) is 32.0 Å². The molecule has 0 atom stereocenters. The zero-order chi connectivity index (χ0) is 21.8. The first-order valence-corrected chi connectivity index (χ1v) is 12.2. The van der Waals surface area contributed by atoms with Gasteiger partial charge in [0.25, 0.3) is 5.91 Å². The van der Waals surface area contributed by atoms with Crippen molar-refractivity contribution < 1.29 is 4.79 Å². The van der Waals surface area contributed by atoms with Crippen molar-refractivity contribution in [2.75, 3.05) is 12.3 Å². The first-order valence-electron chi connectivity index (χ1n) is 10.3. The van der Waals surface area contributed by atoms with Crippen LogP contribution in [0.4, 0.5) is 0 Å². The van der Waals surface area contributed by atoms with Gasteiger partial charge in [0.05, 0.1) is 29.4 Å². The third-order valence-electron chi connectivity index (χ3n) is 5.16. The van der Waals surface area contributed by atoms with Gasteiger partial charge in [0.2, 0.25) is 0 Å². The molecule has 32 heavy (non-hydrogen) atoms. The molecule has 0 radical (unpaired) electrons. The highest BCUT2D eigenvalue weighted by Crippen LogP contribution is 2.28. The van der Waals surface area contributed by atoms with Crippen LogP contribution in [-0.2, 0) is 11.3 Å². The standard InChI is InChI=1S/C24H21N5OS2/c30-22(29-14-13-20(27-29)19-10-5-2-6-11-19)17-32-24-26-25-23(21-12-7-15-31-21)28(24)16-18-8-3-1-4-9-18/h1-12,15H,13-14,16-17H2. The molecule has 2 aromatic heterocycles. The predicted octanol–water partition coefficient (Wildman–Crippen LogP) is 4.78. The summed E-state index contributed by atoms with van der Waals surface area (Å²) < 4.78 is 2.09. The van der Waals surface area contributed by atoms with Crippen LogP contribution in [0.15, 0.2) is 88.4 Å². The molecule has 0 bridgehead atoms. The van der Waals surface area contributed by atoms with Crippen LogP contribution >= 0.6 is 23.1 Å². The first kappa shape index (κ1) is 20.7. The highest BCUT2D eigenvalue weighted by Gasteiger charge is 2.23. The van der Waals surface area contributed by atoms with E-state index in [1.807, 2.05) is 66.0 Å². The molecule has 0 aliphatic carbocycles. The molecule has 0 spiro atoms. The van der Waals surface area contributed by atoms with Gasteiger partial charge in [0, 0.05) is 6.42 Å². The van der Waals surface area contributed by atoms with Gasteiger partial charge in [-0.3, -0.25) is 9.36 Å². The van der Waals surface area contributed by atoms with Crippen LogP contribution in [0.5, 0.6) is 0 Å². The number of thioether (sulfide) groups is 1. The number of hydrogen-bond acceptors (Lipinski definition) is 6. The van der Waals surface area contributed by atoms with E-state index in [-0.39, 0.29) is 11.7 Å². The quantitative estimate of drug-likeness (QED) is 0.373. The molecule has 2 aromatic carbocycles. The van der Waals surface area contributed by atoms with Gasteiger partial charge in [-0.25, -0.2) is 5.01 Å². The molecule has 6 nitrogen and oxygen atoms in total. The summed E-state index contributed by atoms with van der Waals surface area (Å²) in [5.41, 5.74) is 3.18. The number of hydrazone groups is 1. The van der Waals surface area contributed by atoms with Gasteiger partial charge in [0.15, 0.2) is 11.0 Å². The molecule has 1 amide bonds. The fourth-order valence-corrected chi connectivity index (χ4v) is 5.09. The summed E-state index contributed by atoms with van der Waals surface area (Å²) >= 11 is 3.04. The normalized spacial score (nSPS) is 13.4. The molecule has 0 unspecified atom stereocenters. The summed E-state index contributed by atoms with van der Waals surface area (Å²) in [6.45, 7) is 1.26. The van der Waals surface area contributed by atoms with Crippen LogP contribution in [0.25, 0.3) is 10.7 Å². The molecule has 1 aliphatic rings. The molecule has 1 aliphatic heterocycles. The maximum atomic E-state index is 12.8. The Kier molecular flexibility index (Phi) is 6.13. The van der Waals surface area contributed by atoms with Crippen LogP contribution in [0.2, 0.25) is 0 Å².